The van der Waals surface area contributed by atoms with E-state index in [1.807, 2.05) is 0 Å². The van der Waals surface area contributed by atoms with Crippen molar-refractivity contribution in [1.82, 2.24) is 4.90 Å². The van der Waals surface area contributed by atoms with Crippen LogP contribution in [0.5, 0.6) is 0 Å². The van der Waals surface area contributed by atoms with Crippen LogP contribution in [0.2, 0.25) is 0 Å². The summed E-state index contributed by atoms with van der Waals surface area (Å²) >= 11 is 0. The second-order valence-corrected chi connectivity index (χ2v) is 4.15. The number of nitrogens with zero attached hydrogens (tertiary/aromatic N) is 1. The zero-order valence-corrected chi connectivity index (χ0v) is 10.6. The molecule has 15 heavy (non-hydrogen) atoms. The number of hydrogen-bond donors (Lipinski definition) is 0. The van der Waals surface area contributed by atoms with Gasteiger partial charge < -0.3 is 0 Å². The molecule has 0 heterocycles. The third kappa shape index (κ3) is 6.67. The van der Waals surface area contributed by atoms with Gasteiger partial charge in [-0.05, 0) is 32.4 Å². The van der Waals surface area contributed by atoms with E-state index < -0.39 is 0 Å². The summed E-state index contributed by atoms with van der Waals surface area (Å²) in [4.78, 5) is 12.9. The fourth-order valence-corrected chi connectivity index (χ4v) is 1.83. The Labute approximate surface area is 95.0 Å². The van der Waals surface area contributed by atoms with E-state index in [0.29, 0.717) is 12.5 Å². The summed E-state index contributed by atoms with van der Waals surface area (Å²) in [5, 5.41) is 0. The average Bonchev–Trinajstić information content (AvgIpc) is 2.27. The Morgan fingerprint density at radius 2 is 1.60 bits per heavy atom. The maximum absolute atomic E-state index is 10.5. The van der Waals surface area contributed by atoms with Crippen LogP contribution in [-0.4, -0.2) is 30.3 Å². The van der Waals surface area contributed by atoms with Crippen molar-refractivity contribution < 1.29 is 4.79 Å². The Hall–Kier alpha value is -0.370. The van der Waals surface area contributed by atoms with Crippen LogP contribution in [-0.2, 0) is 4.79 Å². The molecule has 1 unspecified atom stereocenters. The van der Waals surface area contributed by atoms with Crippen molar-refractivity contribution in [1.29, 1.82) is 0 Å². The summed E-state index contributed by atoms with van der Waals surface area (Å²) in [5.74, 6) is 0. The van der Waals surface area contributed by atoms with Gasteiger partial charge in [0.15, 0.2) is 6.29 Å². The third-order valence-corrected chi connectivity index (χ3v) is 2.90. The molecule has 0 bridgehead atoms. The van der Waals surface area contributed by atoms with E-state index in [1.165, 1.54) is 25.7 Å². The van der Waals surface area contributed by atoms with Crippen LogP contribution in [0, 0.1) is 0 Å². The first-order valence-corrected chi connectivity index (χ1v) is 6.39. The summed E-state index contributed by atoms with van der Waals surface area (Å²) in [6.07, 6.45) is 8.61. The molecule has 0 aliphatic rings. The number of rotatable bonds is 10. The van der Waals surface area contributed by atoms with Gasteiger partial charge in [0.25, 0.3) is 0 Å². The normalized spacial score (nSPS) is 13.1. The largest absolute Gasteiger partial charge is 0.300 e. The van der Waals surface area contributed by atoms with Crippen molar-refractivity contribution >= 4 is 6.29 Å². The lowest BCUT2D eigenvalue weighted by Gasteiger charge is -2.29. The molecule has 1 radical (unpaired) electrons. The molecular formula is C13H26NO. The van der Waals surface area contributed by atoms with Gasteiger partial charge in [-0.15, -0.1) is 0 Å². The van der Waals surface area contributed by atoms with Crippen molar-refractivity contribution in [2.75, 3.05) is 13.1 Å². The molecule has 1 atom stereocenters. The van der Waals surface area contributed by atoms with Crippen LogP contribution in [0.25, 0.3) is 0 Å². The van der Waals surface area contributed by atoms with Crippen LogP contribution in [0.15, 0.2) is 0 Å². The molecule has 0 rings (SSSR count). The molecule has 0 N–H and O–H groups in total. The minimum Gasteiger partial charge on any atom is -0.300 e. The van der Waals surface area contributed by atoms with E-state index in [9.17, 15) is 4.79 Å². The summed E-state index contributed by atoms with van der Waals surface area (Å²) in [7, 11) is 0. The van der Waals surface area contributed by atoms with Gasteiger partial charge in [0.1, 0.15) is 0 Å². The minimum absolute atomic E-state index is 0.417. The Bertz CT molecular complexity index is 139. The van der Waals surface area contributed by atoms with Gasteiger partial charge in [-0.2, -0.15) is 0 Å². The second-order valence-electron chi connectivity index (χ2n) is 4.15. The standard InChI is InChI=1S/C13H26NO/c1-4-7-10-14(11-8-5-2)13(6-3)9-12-15/h13H,4-11H2,1-3H3. The minimum atomic E-state index is 0.417. The zero-order chi connectivity index (χ0) is 11.5. The van der Waals surface area contributed by atoms with Gasteiger partial charge >= 0.3 is 0 Å². The topological polar surface area (TPSA) is 20.3 Å². The van der Waals surface area contributed by atoms with Crippen molar-refractivity contribution in [2.45, 2.75) is 65.3 Å². The molecule has 0 aromatic carbocycles. The average molecular weight is 212 g/mol. The second kappa shape index (κ2) is 10.2. The molecule has 0 amide bonds. The maximum atomic E-state index is 10.5. The predicted octanol–water partition coefficient (Wildman–Crippen LogP) is 3.17. The molecule has 2 heteroatoms. The molecule has 0 saturated heterocycles. The van der Waals surface area contributed by atoms with Crippen molar-refractivity contribution in [3.05, 3.63) is 0 Å². The van der Waals surface area contributed by atoms with E-state index in [4.69, 9.17) is 0 Å². The summed E-state index contributed by atoms with van der Waals surface area (Å²) in [6.45, 7) is 8.86. The van der Waals surface area contributed by atoms with E-state index in [2.05, 4.69) is 32.0 Å². The third-order valence-electron chi connectivity index (χ3n) is 2.90. The van der Waals surface area contributed by atoms with Crippen LogP contribution in [0.4, 0.5) is 0 Å². The smallest absolute Gasteiger partial charge is 0.200 e. The van der Waals surface area contributed by atoms with E-state index >= 15 is 0 Å². The van der Waals surface area contributed by atoms with E-state index in [1.54, 1.807) is 0 Å². The molecule has 0 aliphatic heterocycles. The predicted molar refractivity (Wildman–Crippen MR) is 65.8 cm³/mol. The Morgan fingerprint density at radius 3 is 1.93 bits per heavy atom. The fourth-order valence-electron chi connectivity index (χ4n) is 1.83. The SMILES string of the molecule is CCCCN(CCCC)C(CC)C[C]=O. The molecular weight excluding hydrogens is 186 g/mol. The lowest BCUT2D eigenvalue weighted by atomic mass is 10.1. The first kappa shape index (κ1) is 14.6. The van der Waals surface area contributed by atoms with Gasteiger partial charge in [0.2, 0.25) is 0 Å². The summed E-state index contributed by atoms with van der Waals surface area (Å²) < 4.78 is 0. The highest BCUT2D eigenvalue weighted by Crippen LogP contribution is 2.10. The lowest BCUT2D eigenvalue weighted by Crippen LogP contribution is -2.36. The Kier molecular flexibility index (Phi) is 9.91. The zero-order valence-electron chi connectivity index (χ0n) is 10.6. The molecule has 89 valence electrons. The van der Waals surface area contributed by atoms with Crippen molar-refractivity contribution in [3.63, 3.8) is 0 Å². The van der Waals surface area contributed by atoms with Gasteiger partial charge in [-0.1, -0.05) is 33.6 Å². The van der Waals surface area contributed by atoms with E-state index in [0.717, 1.165) is 19.5 Å². The van der Waals surface area contributed by atoms with Crippen molar-refractivity contribution in [2.24, 2.45) is 0 Å². The first-order chi connectivity index (χ1) is 7.29. The van der Waals surface area contributed by atoms with Gasteiger partial charge in [-0.25, -0.2) is 0 Å². The Morgan fingerprint density at radius 1 is 1.07 bits per heavy atom. The molecule has 0 saturated carbocycles. The van der Waals surface area contributed by atoms with Crippen LogP contribution < -0.4 is 0 Å². The van der Waals surface area contributed by atoms with E-state index in [-0.39, 0.29) is 0 Å². The maximum Gasteiger partial charge on any atom is 0.200 e. The fraction of sp³-hybridized carbons (Fsp3) is 0.923. The number of unbranched alkanes of at least 4 members (excludes halogenated alkanes) is 2. The van der Waals surface area contributed by atoms with Crippen LogP contribution in [0.1, 0.15) is 59.3 Å². The molecule has 0 aromatic rings. The monoisotopic (exact) mass is 212 g/mol. The quantitative estimate of drug-likeness (QED) is 0.554. The molecule has 0 aromatic heterocycles. The molecule has 0 aliphatic carbocycles. The first-order valence-electron chi connectivity index (χ1n) is 6.39. The van der Waals surface area contributed by atoms with Gasteiger partial charge in [0.05, 0.1) is 0 Å². The van der Waals surface area contributed by atoms with Gasteiger partial charge in [0, 0.05) is 12.5 Å². The highest BCUT2D eigenvalue weighted by Gasteiger charge is 2.15. The Balaban J connectivity index is 4.08. The number of carbonyl (C=O) groups excluding carboxylic acids is 1. The van der Waals surface area contributed by atoms with Crippen LogP contribution >= 0.6 is 0 Å². The highest BCUT2D eigenvalue weighted by molar-refractivity contribution is 5.51. The lowest BCUT2D eigenvalue weighted by molar-refractivity contribution is 0.188. The van der Waals surface area contributed by atoms with Crippen molar-refractivity contribution in [3.8, 4) is 0 Å². The molecule has 0 spiro atoms. The summed E-state index contributed by atoms with van der Waals surface area (Å²) in [6, 6.07) is 0.417. The highest BCUT2D eigenvalue weighted by atomic mass is 16.1. The van der Waals surface area contributed by atoms with Crippen LogP contribution in [0.3, 0.4) is 0 Å². The van der Waals surface area contributed by atoms with Gasteiger partial charge in [-0.3, -0.25) is 9.69 Å². The number of hydrogen-bond acceptors (Lipinski definition) is 2. The molecule has 2 nitrogen and oxygen atoms in total. The summed E-state index contributed by atoms with van der Waals surface area (Å²) in [5.41, 5.74) is 0. The molecule has 0 fully saturated rings.